The number of benzene rings is 2. The second-order valence-electron chi connectivity index (χ2n) is 7.59. The first-order chi connectivity index (χ1) is 15.9. The summed E-state index contributed by atoms with van der Waals surface area (Å²) in [6, 6.07) is 14.1. The van der Waals surface area contributed by atoms with Crippen molar-refractivity contribution in [3.63, 3.8) is 0 Å². The molecular weight excluding hydrogens is 440 g/mol. The van der Waals surface area contributed by atoms with E-state index < -0.39 is 16.0 Å². The van der Waals surface area contributed by atoms with Crippen molar-refractivity contribution in [3.8, 4) is 0 Å². The number of sulfonamides is 1. The van der Waals surface area contributed by atoms with Gasteiger partial charge in [0.2, 0.25) is 10.0 Å². The van der Waals surface area contributed by atoms with Crippen LogP contribution in [-0.4, -0.2) is 28.9 Å². The van der Waals surface area contributed by atoms with Crippen LogP contribution in [0.1, 0.15) is 31.2 Å². The van der Waals surface area contributed by atoms with Gasteiger partial charge in [-0.25, -0.2) is 23.3 Å². The van der Waals surface area contributed by atoms with Gasteiger partial charge in [0.05, 0.1) is 21.4 Å². The normalized spacial score (nSPS) is 12.1. The lowest BCUT2D eigenvalue weighted by Gasteiger charge is -2.09. The number of aryl methyl sites for hydroxylation is 1. The number of hydrogen-bond donors (Lipinski definition) is 1. The summed E-state index contributed by atoms with van der Waals surface area (Å²) in [5.74, 6) is 0.0286. The average Bonchev–Trinajstić information content (AvgIpc) is 3.16. The lowest BCUT2D eigenvalue weighted by atomic mass is 10.1. The molecule has 4 aromatic rings. The van der Waals surface area contributed by atoms with Crippen LogP contribution in [0, 0.1) is 0 Å². The van der Waals surface area contributed by atoms with Crippen LogP contribution in [0.5, 0.6) is 0 Å². The molecule has 0 aliphatic rings. The zero-order valence-corrected chi connectivity index (χ0v) is 19.0. The third-order valence-electron chi connectivity index (χ3n) is 5.27. The summed E-state index contributed by atoms with van der Waals surface area (Å²) in [4.78, 5) is 21.3. The number of carbonyl (C=O) groups excluding carboxylic acids is 1. The van der Waals surface area contributed by atoms with Crippen molar-refractivity contribution < 1.29 is 17.9 Å². The molecule has 0 aliphatic carbocycles. The number of pyridine rings is 1. The monoisotopic (exact) mass is 464 g/mol. The predicted octanol–water partition coefficient (Wildman–Crippen LogP) is 3.79. The molecule has 2 aromatic heterocycles. The highest BCUT2D eigenvalue weighted by molar-refractivity contribution is 7.89. The summed E-state index contributed by atoms with van der Waals surface area (Å²) in [6.07, 6.45) is 6.62. The van der Waals surface area contributed by atoms with E-state index in [9.17, 15) is 13.2 Å². The van der Waals surface area contributed by atoms with Gasteiger partial charge in [-0.2, -0.15) is 0 Å². The Hall–Kier alpha value is -3.56. The minimum atomic E-state index is -3.84. The van der Waals surface area contributed by atoms with Gasteiger partial charge in [-0.15, -0.1) is 0 Å². The molecular formula is C24H24N4O4S. The van der Waals surface area contributed by atoms with Crippen LogP contribution in [0.2, 0.25) is 0 Å². The molecule has 4 rings (SSSR count). The Kier molecular flexibility index (Phi) is 6.52. The molecule has 0 saturated heterocycles. The number of nitrogens with two attached hydrogens (primary N) is 1. The highest BCUT2D eigenvalue weighted by Gasteiger charge is 2.15. The molecule has 2 aromatic carbocycles. The maximum atomic E-state index is 12.4. The van der Waals surface area contributed by atoms with Crippen LogP contribution in [0.15, 0.2) is 65.7 Å². The van der Waals surface area contributed by atoms with Gasteiger partial charge >= 0.3 is 5.97 Å². The van der Waals surface area contributed by atoms with Gasteiger partial charge in [0.25, 0.3) is 0 Å². The third-order valence-corrected chi connectivity index (χ3v) is 6.18. The number of carbonyl (C=O) groups is 1. The maximum Gasteiger partial charge on any atom is 0.331 e. The largest absolute Gasteiger partial charge is 0.454 e. The van der Waals surface area contributed by atoms with E-state index >= 15 is 0 Å². The van der Waals surface area contributed by atoms with Crippen molar-refractivity contribution >= 4 is 44.0 Å². The Morgan fingerprint density at radius 1 is 1.18 bits per heavy atom. The van der Waals surface area contributed by atoms with Gasteiger partial charge in [-0.05, 0) is 36.8 Å². The van der Waals surface area contributed by atoms with Gasteiger partial charge in [-0.1, -0.05) is 37.6 Å². The van der Waals surface area contributed by atoms with Crippen molar-refractivity contribution in [2.24, 2.45) is 5.14 Å². The smallest absolute Gasteiger partial charge is 0.331 e. The summed E-state index contributed by atoms with van der Waals surface area (Å²) in [7, 11) is -3.84. The van der Waals surface area contributed by atoms with E-state index in [4.69, 9.17) is 9.88 Å². The Labute approximate surface area is 191 Å². The highest BCUT2D eigenvalue weighted by atomic mass is 32.2. The van der Waals surface area contributed by atoms with E-state index in [1.165, 1.54) is 18.2 Å². The van der Waals surface area contributed by atoms with Crippen LogP contribution >= 0.6 is 0 Å². The predicted molar refractivity (Wildman–Crippen MR) is 127 cm³/mol. The van der Waals surface area contributed by atoms with E-state index in [0.717, 1.165) is 34.8 Å². The molecule has 170 valence electrons. The van der Waals surface area contributed by atoms with Crippen LogP contribution in [0.3, 0.4) is 0 Å². The first kappa shape index (κ1) is 22.6. The van der Waals surface area contributed by atoms with E-state index in [2.05, 4.69) is 16.9 Å². The number of aromatic nitrogens is 3. The van der Waals surface area contributed by atoms with E-state index in [1.807, 2.05) is 34.9 Å². The first-order valence-electron chi connectivity index (χ1n) is 10.6. The van der Waals surface area contributed by atoms with Crippen molar-refractivity contribution in [3.05, 3.63) is 72.2 Å². The lowest BCUT2D eigenvalue weighted by molar-refractivity contribution is -0.139. The minimum Gasteiger partial charge on any atom is -0.454 e. The summed E-state index contributed by atoms with van der Waals surface area (Å²) < 4.78 is 30.8. The fourth-order valence-corrected chi connectivity index (χ4v) is 4.15. The van der Waals surface area contributed by atoms with Crippen molar-refractivity contribution in [1.82, 2.24) is 14.5 Å². The van der Waals surface area contributed by atoms with Gasteiger partial charge in [0.15, 0.2) is 0 Å². The quantitative estimate of drug-likeness (QED) is 0.313. The molecule has 0 unspecified atom stereocenters. The SMILES string of the molecule is CCCCn1c(COC(=O)C=Cc2cccc3cccnc23)nc2cc(S(N)(=O)=O)ccc21. The number of para-hydroxylation sites is 1. The molecule has 0 spiro atoms. The highest BCUT2D eigenvalue weighted by Crippen LogP contribution is 2.22. The number of primary sulfonamides is 1. The Bertz CT molecular complexity index is 1450. The Morgan fingerprint density at radius 3 is 2.79 bits per heavy atom. The molecule has 0 amide bonds. The van der Waals surface area contributed by atoms with Crippen LogP contribution < -0.4 is 5.14 Å². The molecule has 0 fully saturated rings. The number of fused-ring (bicyclic) bond motifs is 2. The van der Waals surface area contributed by atoms with Gasteiger partial charge in [0.1, 0.15) is 12.4 Å². The third kappa shape index (κ3) is 5.10. The Morgan fingerprint density at radius 2 is 2.00 bits per heavy atom. The minimum absolute atomic E-state index is 0.00897. The fraction of sp³-hybridized carbons (Fsp3) is 0.208. The average molecular weight is 465 g/mol. The summed E-state index contributed by atoms with van der Waals surface area (Å²) in [6.45, 7) is 2.71. The van der Waals surface area contributed by atoms with Gasteiger partial charge < -0.3 is 9.30 Å². The molecule has 33 heavy (non-hydrogen) atoms. The molecule has 0 radical (unpaired) electrons. The summed E-state index contributed by atoms with van der Waals surface area (Å²) in [5, 5.41) is 6.23. The number of nitrogens with zero attached hydrogens (tertiary/aromatic N) is 3. The number of unbranched alkanes of at least 4 members (excludes halogenated alkanes) is 1. The van der Waals surface area contributed by atoms with Crippen LogP contribution in [0.25, 0.3) is 28.0 Å². The molecule has 0 saturated carbocycles. The van der Waals surface area contributed by atoms with Crippen LogP contribution in [0.4, 0.5) is 0 Å². The van der Waals surface area contributed by atoms with Gasteiger partial charge in [0, 0.05) is 29.8 Å². The molecule has 0 aliphatic heterocycles. The number of ether oxygens (including phenoxy) is 1. The summed E-state index contributed by atoms with van der Waals surface area (Å²) in [5.41, 5.74) is 2.87. The van der Waals surface area contributed by atoms with E-state index in [1.54, 1.807) is 18.3 Å². The standard InChI is InChI=1S/C24H24N4O4S/c1-2-3-14-28-21-11-10-19(33(25,30)31)15-20(21)27-22(28)16-32-23(29)12-9-18-7-4-6-17-8-5-13-26-24(17)18/h4-13,15H,2-3,14,16H2,1H3,(H2,25,30,31). The fourth-order valence-electron chi connectivity index (χ4n) is 3.62. The van der Waals surface area contributed by atoms with E-state index in [-0.39, 0.29) is 11.5 Å². The molecule has 9 heteroatoms. The zero-order valence-electron chi connectivity index (χ0n) is 18.1. The topological polar surface area (TPSA) is 117 Å². The molecule has 8 nitrogen and oxygen atoms in total. The maximum absolute atomic E-state index is 12.4. The molecule has 0 bridgehead atoms. The molecule has 2 heterocycles. The van der Waals surface area contributed by atoms with E-state index in [0.29, 0.717) is 17.9 Å². The second-order valence-corrected chi connectivity index (χ2v) is 9.15. The number of imidazole rings is 1. The molecule has 0 atom stereocenters. The van der Waals surface area contributed by atoms with Crippen molar-refractivity contribution in [1.29, 1.82) is 0 Å². The van der Waals surface area contributed by atoms with Crippen LogP contribution in [-0.2, 0) is 32.7 Å². The zero-order chi connectivity index (χ0) is 23.4. The summed E-state index contributed by atoms with van der Waals surface area (Å²) >= 11 is 0. The number of rotatable bonds is 8. The number of hydrogen-bond acceptors (Lipinski definition) is 6. The first-order valence-corrected chi connectivity index (χ1v) is 12.1. The Balaban J connectivity index is 1.55. The lowest BCUT2D eigenvalue weighted by Crippen LogP contribution is -2.11. The van der Waals surface area contributed by atoms with Crippen molar-refractivity contribution in [2.75, 3.05) is 0 Å². The molecule has 2 N–H and O–H groups in total. The second kappa shape index (κ2) is 9.51. The van der Waals surface area contributed by atoms with Gasteiger partial charge in [-0.3, -0.25) is 4.98 Å². The van der Waals surface area contributed by atoms with Crippen molar-refractivity contribution in [2.45, 2.75) is 37.8 Å². The number of esters is 1.